The Balaban J connectivity index is 1.88. The third kappa shape index (κ3) is 6.63. The lowest BCUT2D eigenvalue weighted by molar-refractivity contribution is -0.120. The fourth-order valence-electron chi connectivity index (χ4n) is 2.33. The first-order chi connectivity index (χ1) is 12.0. The van der Waals surface area contributed by atoms with E-state index >= 15 is 0 Å². The molecule has 25 heavy (non-hydrogen) atoms. The van der Waals surface area contributed by atoms with Crippen LogP contribution in [-0.2, 0) is 22.4 Å². The molecule has 0 heterocycles. The van der Waals surface area contributed by atoms with Crippen molar-refractivity contribution in [2.24, 2.45) is 0 Å². The van der Waals surface area contributed by atoms with Gasteiger partial charge in [-0.05, 0) is 35.4 Å². The molecule has 2 amide bonds. The molecule has 0 saturated carbocycles. The van der Waals surface area contributed by atoms with E-state index in [0.29, 0.717) is 18.1 Å². The lowest BCUT2D eigenvalue weighted by atomic mass is 10.1. The maximum absolute atomic E-state index is 12.2. The Bertz CT molecular complexity index is 709. The molecule has 2 aromatic rings. The van der Waals surface area contributed by atoms with Crippen LogP contribution in [0, 0.1) is 0 Å². The summed E-state index contributed by atoms with van der Waals surface area (Å²) in [6.07, 6.45) is 0.679. The molecule has 0 aliphatic rings. The number of thioether (sulfide) groups is 1. The third-order valence-electron chi connectivity index (χ3n) is 3.54. The summed E-state index contributed by atoms with van der Waals surface area (Å²) in [6.45, 7) is 4.32. The van der Waals surface area contributed by atoms with E-state index in [0.717, 1.165) is 16.8 Å². The van der Waals surface area contributed by atoms with Gasteiger partial charge in [0.2, 0.25) is 11.8 Å². The zero-order valence-corrected chi connectivity index (χ0v) is 15.7. The third-order valence-corrected chi connectivity index (χ3v) is 4.56. The number of carbonyl (C=O) groups excluding carboxylic acids is 2. The summed E-state index contributed by atoms with van der Waals surface area (Å²) in [5.74, 6) is -0.0841. The molecule has 2 rings (SSSR count). The summed E-state index contributed by atoms with van der Waals surface area (Å²) >= 11 is 1.81. The Hall–Kier alpha value is -2.27. The van der Waals surface area contributed by atoms with Crippen LogP contribution in [0.1, 0.15) is 25.0 Å². The van der Waals surface area contributed by atoms with Gasteiger partial charge < -0.3 is 10.6 Å². The summed E-state index contributed by atoms with van der Waals surface area (Å²) in [5, 5.41) is 6.02. The van der Waals surface area contributed by atoms with E-state index in [1.165, 1.54) is 4.90 Å². The van der Waals surface area contributed by atoms with Gasteiger partial charge in [0.25, 0.3) is 0 Å². The lowest BCUT2D eigenvalue weighted by Gasteiger charge is -2.08. The van der Waals surface area contributed by atoms with Gasteiger partial charge in [0.1, 0.15) is 0 Å². The molecule has 2 aromatic carbocycles. The zero-order valence-electron chi connectivity index (χ0n) is 14.8. The number of anilines is 1. The van der Waals surface area contributed by atoms with Crippen molar-refractivity contribution >= 4 is 29.3 Å². The van der Waals surface area contributed by atoms with Gasteiger partial charge in [0, 0.05) is 22.9 Å². The molecular formula is C20H24N2O2S. The molecule has 2 N–H and O–H groups in total. The molecular weight excluding hydrogens is 332 g/mol. The number of hydrogen-bond acceptors (Lipinski definition) is 3. The van der Waals surface area contributed by atoms with E-state index < -0.39 is 0 Å². The second kappa shape index (κ2) is 9.28. The van der Waals surface area contributed by atoms with Crippen molar-refractivity contribution < 1.29 is 9.59 Å². The molecule has 5 heteroatoms. The van der Waals surface area contributed by atoms with Crippen LogP contribution in [0.4, 0.5) is 5.69 Å². The standard InChI is InChI=1S/C20H24N2O2S/c1-14(2)25-18-10-6-16(7-11-18)13-20(24)22-17-8-4-15(5-9-17)12-19(23)21-3/h4-11,14H,12-13H2,1-3H3,(H,21,23)(H,22,24). The minimum atomic E-state index is -0.0525. The van der Waals surface area contributed by atoms with E-state index in [1.807, 2.05) is 36.4 Å². The van der Waals surface area contributed by atoms with Crippen molar-refractivity contribution in [3.05, 3.63) is 59.7 Å². The number of nitrogens with one attached hydrogen (secondary N) is 2. The zero-order chi connectivity index (χ0) is 18.2. The first-order valence-corrected chi connectivity index (χ1v) is 9.19. The minimum Gasteiger partial charge on any atom is -0.359 e. The van der Waals surface area contributed by atoms with E-state index in [9.17, 15) is 9.59 Å². The fraction of sp³-hybridized carbons (Fsp3) is 0.300. The van der Waals surface area contributed by atoms with Crippen molar-refractivity contribution in [2.75, 3.05) is 12.4 Å². The van der Waals surface area contributed by atoms with Crippen LogP contribution in [0.3, 0.4) is 0 Å². The topological polar surface area (TPSA) is 58.2 Å². The Labute approximate surface area is 153 Å². The van der Waals surface area contributed by atoms with Crippen molar-refractivity contribution in [1.82, 2.24) is 5.32 Å². The van der Waals surface area contributed by atoms with Crippen molar-refractivity contribution in [1.29, 1.82) is 0 Å². The Morgan fingerprint density at radius 2 is 1.40 bits per heavy atom. The number of hydrogen-bond donors (Lipinski definition) is 2. The van der Waals surface area contributed by atoms with E-state index in [2.05, 4.69) is 36.6 Å². The van der Waals surface area contributed by atoms with Gasteiger partial charge in [-0.1, -0.05) is 38.1 Å². The molecule has 0 atom stereocenters. The first-order valence-electron chi connectivity index (χ1n) is 8.31. The molecule has 0 aliphatic heterocycles. The van der Waals surface area contributed by atoms with Crippen LogP contribution in [0.5, 0.6) is 0 Å². The highest BCUT2D eigenvalue weighted by atomic mass is 32.2. The van der Waals surface area contributed by atoms with Crippen LogP contribution in [0.2, 0.25) is 0 Å². The smallest absolute Gasteiger partial charge is 0.228 e. The van der Waals surface area contributed by atoms with Crippen molar-refractivity contribution in [3.63, 3.8) is 0 Å². The molecule has 0 aliphatic carbocycles. The highest BCUT2D eigenvalue weighted by molar-refractivity contribution is 7.99. The predicted octanol–water partition coefficient (Wildman–Crippen LogP) is 3.66. The van der Waals surface area contributed by atoms with E-state index in [4.69, 9.17) is 0 Å². The number of rotatable bonds is 7. The minimum absolute atomic E-state index is 0.0316. The van der Waals surface area contributed by atoms with E-state index in [1.54, 1.807) is 18.8 Å². The number of benzene rings is 2. The molecule has 0 radical (unpaired) electrons. The molecule has 0 spiro atoms. The van der Waals surface area contributed by atoms with Crippen LogP contribution >= 0.6 is 11.8 Å². The van der Waals surface area contributed by atoms with Gasteiger partial charge in [-0.25, -0.2) is 0 Å². The van der Waals surface area contributed by atoms with Gasteiger partial charge in [-0.15, -0.1) is 11.8 Å². The molecule has 0 unspecified atom stereocenters. The van der Waals surface area contributed by atoms with Crippen LogP contribution in [0.25, 0.3) is 0 Å². The van der Waals surface area contributed by atoms with Crippen molar-refractivity contribution in [3.8, 4) is 0 Å². The SMILES string of the molecule is CNC(=O)Cc1ccc(NC(=O)Cc2ccc(SC(C)C)cc2)cc1. The summed E-state index contributed by atoms with van der Waals surface area (Å²) in [7, 11) is 1.62. The first kappa shape index (κ1) is 19.1. The largest absolute Gasteiger partial charge is 0.359 e. The maximum Gasteiger partial charge on any atom is 0.228 e. The van der Waals surface area contributed by atoms with Crippen LogP contribution < -0.4 is 10.6 Å². The Morgan fingerprint density at radius 1 is 0.880 bits per heavy atom. The quantitative estimate of drug-likeness (QED) is 0.745. The molecule has 0 bridgehead atoms. The fourth-order valence-corrected chi connectivity index (χ4v) is 3.17. The average molecular weight is 356 g/mol. The van der Waals surface area contributed by atoms with Gasteiger partial charge in [-0.2, -0.15) is 0 Å². The molecule has 132 valence electrons. The monoisotopic (exact) mass is 356 g/mol. The molecule has 4 nitrogen and oxygen atoms in total. The number of likely N-dealkylation sites (N-methyl/N-ethyl adjacent to an activating group) is 1. The summed E-state index contributed by atoms with van der Waals surface area (Å²) in [6, 6.07) is 15.4. The average Bonchev–Trinajstić information content (AvgIpc) is 2.58. The highest BCUT2D eigenvalue weighted by Gasteiger charge is 2.06. The predicted molar refractivity (Wildman–Crippen MR) is 104 cm³/mol. The van der Waals surface area contributed by atoms with Crippen LogP contribution in [-0.4, -0.2) is 24.1 Å². The van der Waals surface area contributed by atoms with Gasteiger partial charge >= 0.3 is 0 Å². The number of carbonyl (C=O) groups is 2. The van der Waals surface area contributed by atoms with Gasteiger partial charge in [0.05, 0.1) is 12.8 Å². The lowest BCUT2D eigenvalue weighted by Crippen LogP contribution is -2.20. The van der Waals surface area contributed by atoms with Crippen molar-refractivity contribution in [2.45, 2.75) is 36.8 Å². The summed E-state index contributed by atoms with van der Waals surface area (Å²) < 4.78 is 0. The molecule has 0 saturated heterocycles. The van der Waals surface area contributed by atoms with Gasteiger partial charge in [-0.3, -0.25) is 9.59 Å². The molecule has 0 fully saturated rings. The van der Waals surface area contributed by atoms with E-state index in [-0.39, 0.29) is 11.8 Å². The number of amides is 2. The summed E-state index contributed by atoms with van der Waals surface area (Å²) in [5.41, 5.74) is 2.63. The second-order valence-corrected chi connectivity index (χ2v) is 7.73. The maximum atomic E-state index is 12.2. The Morgan fingerprint density at radius 3 is 1.92 bits per heavy atom. The summed E-state index contributed by atoms with van der Waals surface area (Å²) in [4.78, 5) is 24.7. The Kier molecular flexibility index (Phi) is 7.07. The van der Waals surface area contributed by atoms with Crippen LogP contribution in [0.15, 0.2) is 53.4 Å². The van der Waals surface area contributed by atoms with Gasteiger partial charge in [0.15, 0.2) is 0 Å². The normalized spacial score (nSPS) is 10.6. The molecule has 0 aromatic heterocycles. The highest BCUT2D eigenvalue weighted by Crippen LogP contribution is 2.23. The second-order valence-electron chi connectivity index (χ2n) is 6.08.